The van der Waals surface area contributed by atoms with Gasteiger partial charge in [-0.2, -0.15) is 0 Å². The van der Waals surface area contributed by atoms with E-state index >= 15 is 0 Å². The van der Waals surface area contributed by atoms with E-state index in [-0.39, 0.29) is 10.6 Å². The molecule has 0 atom stereocenters. The molecule has 0 fully saturated rings. The number of nitrogens with zero attached hydrogens (tertiary/aromatic N) is 1. The number of aromatic nitrogens is 1. The third kappa shape index (κ3) is 3.14. The van der Waals surface area contributed by atoms with Crippen LogP contribution < -0.4 is 0 Å². The summed E-state index contributed by atoms with van der Waals surface area (Å²) in [6.07, 6.45) is 3.04. The molecule has 0 aliphatic carbocycles. The van der Waals surface area contributed by atoms with E-state index in [1.165, 1.54) is 24.4 Å². The predicted octanol–water partition coefficient (Wildman–Crippen LogP) is 2.96. The largest absolute Gasteiger partial charge is 0.263 e. The fraction of sp³-hybridized carbons (Fsp3) is 0.0833. The quantitative estimate of drug-likeness (QED) is 0.869. The fourth-order valence-corrected chi connectivity index (χ4v) is 3.25. The average molecular weight is 330 g/mol. The maximum Gasteiger partial charge on any atom is 0.182 e. The van der Waals surface area contributed by atoms with Crippen molar-refractivity contribution in [2.45, 2.75) is 10.6 Å². The van der Waals surface area contributed by atoms with E-state index in [9.17, 15) is 12.8 Å². The highest BCUT2D eigenvalue weighted by Gasteiger charge is 2.16. The van der Waals surface area contributed by atoms with Gasteiger partial charge in [0.1, 0.15) is 5.82 Å². The third-order valence-corrected chi connectivity index (χ3v) is 4.39. The van der Waals surface area contributed by atoms with Crippen molar-refractivity contribution in [1.29, 1.82) is 0 Å². The minimum absolute atomic E-state index is 0.0255. The van der Waals surface area contributed by atoms with Gasteiger partial charge in [-0.1, -0.05) is 6.07 Å². The first kappa shape index (κ1) is 13.2. The van der Waals surface area contributed by atoms with Crippen LogP contribution in [-0.4, -0.2) is 13.4 Å². The number of halogens is 2. The summed E-state index contributed by atoms with van der Waals surface area (Å²) < 4.78 is 37.8. The lowest BCUT2D eigenvalue weighted by molar-refractivity contribution is 0.590. The Morgan fingerprint density at radius 1 is 1.22 bits per heavy atom. The van der Waals surface area contributed by atoms with Crippen molar-refractivity contribution in [1.82, 2.24) is 4.98 Å². The summed E-state index contributed by atoms with van der Waals surface area (Å²) in [6.45, 7) is 0. The monoisotopic (exact) mass is 329 g/mol. The molecule has 2 aromatic rings. The van der Waals surface area contributed by atoms with Gasteiger partial charge in [0.05, 0.1) is 10.6 Å². The van der Waals surface area contributed by atoms with E-state index in [4.69, 9.17) is 0 Å². The first-order valence-corrected chi connectivity index (χ1v) is 7.50. The van der Waals surface area contributed by atoms with E-state index in [0.29, 0.717) is 10.0 Å². The van der Waals surface area contributed by atoms with Gasteiger partial charge in [0.25, 0.3) is 0 Å². The van der Waals surface area contributed by atoms with Crippen LogP contribution in [0, 0.1) is 5.82 Å². The van der Waals surface area contributed by atoms with E-state index in [1.807, 2.05) is 0 Å². The van der Waals surface area contributed by atoms with E-state index in [1.54, 1.807) is 12.3 Å². The third-order valence-electron chi connectivity index (χ3n) is 2.27. The maximum atomic E-state index is 13.0. The summed E-state index contributed by atoms with van der Waals surface area (Å²) in [7, 11) is -3.55. The molecule has 0 spiro atoms. The van der Waals surface area contributed by atoms with Gasteiger partial charge in [0.2, 0.25) is 0 Å². The summed E-state index contributed by atoms with van der Waals surface area (Å²) in [4.78, 5) is 3.87. The smallest absolute Gasteiger partial charge is 0.182 e. The first-order chi connectivity index (χ1) is 8.47. The molecule has 0 amide bonds. The van der Waals surface area contributed by atoms with Crippen LogP contribution in [0.3, 0.4) is 0 Å². The van der Waals surface area contributed by atoms with E-state index < -0.39 is 15.7 Å². The molecule has 94 valence electrons. The molecule has 0 unspecified atom stereocenters. The molecule has 3 nitrogen and oxygen atoms in total. The maximum absolute atomic E-state index is 13.0. The first-order valence-electron chi connectivity index (χ1n) is 5.05. The molecule has 1 heterocycles. The minimum Gasteiger partial charge on any atom is -0.263 e. The normalized spacial score (nSPS) is 11.4. The van der Waals surface area contributed by atoms with Crippen LogP contribution in [0.5, 0.6) is 0 Å². The topological polar surface area (TPSA) is 47.0 Å². The number of rotatable bonds is 3. The molecule has 0 radical (unpaired) electrons. The van der Waals surface area contributed by atoms with Crippen molar-refractivity contribution in [2.24, 2.45) is 0 Å². The Morgan fingerprint density at radius 2 is 2.00 bits per heavy atom. The Kier molecular flexibility index (Phi) is 3.77. The van der Waals surface area contributed by atoms with Crippen molar-refractivity contribution in [2.75, 3.05) is 0 Å². The van der Waals surface area contributed by atoms with Crippen LogP contribution in [0.1, 0.15) is 5.56 Å². The molecule has 0 N–H and O–H groups in total. The Balaban J connectivity index is 2.33. The number of hydrogen-bond acceptors (Lipinski definition) is 3. The van der Waals surface area contributed by atoms with Crippen molar-refractivity contribution < 1.29 is 12.8 Å². The molecular weight excluding hydrogens is 321 g/mol. The zero-order valence-corrected chi connectivity index (χ0v) is 11.6. The Morgan fingerprint density at radius 3 is 2.67 bits per heavy atom. The van der Waals surface area contributed by atoms with Gasteiger partial charge in [0.15, 0.2) is 9.84 Å². The van der Waals surface area contributed by atoms with Crippen LogP contribution in [0.4, 0.5) is 4.39 Å². The van der Waals surface area contributed by atoms with Crippen LogP contribution >= 0.6 is 15.9 Å². The van der Waals surface area contributed by atoms with Crippen LogP contribution in [0.2, 0.25) is 0 Å². The molecule has 0 aliphatic rings. The lowest BCUT2D eigenvalue weighted by Gasteiger charge is -2.04. The highest BCUT2D eigenvalue weighted by molar-refractivity contribution is 9.10. The lowest BCUT2D eigenvalue weighted by Crippen LogP contribution is -2.05. The molecule has 0 saturated heterocycles. The van der Waals surface area contributed by atoms with E-state index in [2.05, 4.69) is 20.9 Å². The second-order valence-corrected chi connectivity index (χ2v) is 6.63. The predicted molar refractivity (Wildman–Crippen MR) is 69.2 cm³/mol. The molecule has 6 heteroatoms. The standard InChI is InChI=1S/C12H9BrFNO2S/c13-10-4-9(6-15-7-10)8-18(16,17)12-3-1-2-11(14)5-12/h1-7H,8H2. The van der Waals surface area contributed by atoms with Gasteiger partial charge in [-0.15, -0.1) is 0 Å². The number of benzene rings is 1. The second-order valence-electron chi connectivity index (χ2n) is 3.73. The number of pyridine rings is 1. The van der Waals surface area contributed by atoms with Crippen molar-refractivity contribution in [3.05, 3.63) is 58.6 Å². The summed E-state index contributed by atoms with van der Waals surface area (Å²) in [6, 6.07) is 6.65. The Hall–Kier alpha value is -1.27. The minimum atomic E-state index is -3.55. The van der Waals surface area contributed by atoms with Gasteiger partial charge in [-0.05, 0) is 45.8 Å². The highest BCUT2D eigenvalue weighted by atomic mass is 79.9. The van der Waals surface area contributed by atoms with Gasteiger partial charge in [-0.25, -0.2) is 12.8 Å². The molecular formula is C12H9BrFNO2S. The van der Waals surface area contributed by atoms with Crippen LogP contribution in [0.25, 0.3) is 0 Å². The molecule has 18 heavy (non-hydrogen) atoms. The van der Waals surface area contributed by atoms with Gasteiger partial charge < -0.3 is 0 Å². The molecule has 1 aromatic carbocycles. The lowest BCUT2D eigenvalue weighted by atomic mass is 10.3. The Bertz CT molecular complexity index is 673. The SMILES string of the molecule is O=S(=O)(Cc1cncc(Br)c1)c1cccc(F)c1. The molecule has 1 aromatic heterocycles. The van der Waals surface area contributed by atoms with Gasteiger partial charge in [0, 0.05) is 16.9 Å². The zero-order valence-electron chi connectivity index (χ0n) is 9.18. The van der Waals surface area contributed by atoms with Crippen LogP contribution in [-0.2, 0) is 15.6 Å². The molecule has 0 saturated carbocycles. The summed E-state index contributed by atoms with van der Waals surface area (Å²) in [5, 5.41) is 0. The van der Waals surface area contributed by atoms with Crippen molar-refractivity contribution in [3.63, 3.8) is 0 Å². The zero-order chi connectivity index (χ0) is 13.2. The summed E-state index contributed by atoms with van der Waals surface area (Å²) in [5.74, 6) is -0.772. The summed E-state index contributed by atoms with van der Waals surface area (Å²) >= 11 is 3.22. The van der Waals surface area contributed by atoms with Gasteiger partial charge in [-0.3, -0.25) is 4.98 Å². The van der Waals surface area contributed by atoms with Crippen molar-refractivity contribution in [3.8, 4) is 0 Å². The molecule has 0 aliphatic heterocycles. The summed E-state index contributed by atoms with van der Waals surface area (Å²) in [5.41, 5.74) is 0.550. The highest BCUT2D eigenvalue weighted by Crippen LogP contribution is 2.18. The molecule has 0 bridgehead atoms. The number of sulfone groups is 1. The van der Waals surface area contributed by atoms with Crippen molar-refractivity contribution >= 4 is 25.8 Å². The second kappa shape index (κ2) is 5.16. The Labute approximate surface area is 113 Å². The van der Waals surface area contributed by atoms with Gasteiger partial charge >= 0.3 is 0 Å². The average Bonchev–Trinajstić information content (AvgIpc) is 2.28. The fourth-order valence-electron chi connectivity index (χ4n) is 1.50. The number of hydrogen-bond donors (Lipinski definition) is 0. The van der Waals surface area contributed by atoms with E-state index in [0.717, 1.165) is 6.07 Å². The van der Waals surface area contributed by atoms with Crippen LogP contribution in [0.15, 0.2) is 52.1 Å². The molecule has 2 rings (SSSR count).